The van der Waals surface area contributed by atoms with Crippen LogP contribution in [0.1, 0.15) is 47.5 Å². The molecule has 0 aliphatic rings. The molecule has 5 N–H and O–H groups in total. The van der Waals surface area contributed by atoms with Gasteiger partial charge in [0.15, 0.2) is 0 Å². The van der Waals surface area contributed by atoms with Gasteiger partial charge in [-0.25, -0.2) is 0 Å². The summed E-state index contributed by atoms with van der Waals surface area (Å²) in [6, 6.07) is -0.741. The van der Waals surface area contributed by atoms with Crippen LogP contribution >= 0.6 is 0 Å². The van der Waals surface area contributed by atoms with Gasteiger partial charge in [0.1, 0.15) is 0 Å². The van der Waals surface area contributed by atoms with Crippen LogP contribution in [0, 0.1) is 5.92 Å². The van der Waals surface area contributed by atoms with Crippen LogP contribution in [-0.4, -0.2) is 56.3 Å². The van der Waals surface area contributed by atoms with Gasteiger partial charge in [-0.2, -0.15) is 0 Å². The molecule has 0 rings (SSSR count). The highest BCUT2D eigenvalue weighted by Gasteiger charge is 2.35. The maximum absolute atomic E-state index is 11.3. The van der Waals surface area contributed by atoms with E-state index in [1.165, 1.54) is 6.92 Å². The van der Waals surface area contributed by atoms with Gasteiger partial charge in [0.05, 0.1) is 30.0 Å². The zero-order valence-corrected chi connectivity index (χ0v) is 13.0. The van der Waals surface area contributed by atoms with E-state index in [1.807, 2.05) is 0 Å². The number of aliphatic hydroxyl groups excluding tert-OH is 3. The van der Waals surface area contributed by atoms with Crippen molar-refractivity contribution in [1.29, 1.82) is 0 Å². The van der Waals surface area contributed by atoms with Gasteiger partial charge in [0.25, 0.3) is 0 Å². The Labute approximate surface area is 120 Å². The van der Waals surface area contributed by atoms with Gasteiger partial charge in [0.2, 0.25) is 5.91 Å². The summed E-state index contributed by atoms with van der Waals surface area (Å²) < 4.78 is 0. The largest absolute Gasteiger partial charge is 0.391 e. The number of hydrogen-bond acceptors (Lipinski definition) is 5. The molecular formula is C14H29NO5. The molecule has 1 amide bonds. The van der Waals surface area contributed by atoms with E-state index in [-0.39, 0.29) is 12.3 Å². The average molecular weight is 291 g/mol. The maximum atomic E-state index is 11.3. The molecule has 0 radical (unpaired) electrons. The predicted molar refractivity (Wildman–Crippen MR) is 76.0 cm³/mol. The van der Waals surface area contributed by atoms with E-state index in [1.54, 1.807) is 27.7 Å². The summed E-state index contributed by atoms with van der Waals surface area (Å²) in [4.78, 5) is 11.3. The highest BCUT2D eigenvalue weighted by molar-refractivity contribution is 5.73. The van der Waals surface area contributed by atoms with Gasteiger partial charge < -0.3 is 25.7 Å². The molecular weight excluding hydrogens is 262 g/mol. The second-order valence-corrected chi connectivity index (χ2v) is 6.14. The van der Waals surface area contributed by atoms with Crippen LogP contribution in [0.15, 0.2) is 0 Å². The lowest BCUT2D eigenvalue weighted by atomic mass is 9.84. The Balaban J connectivity index is 4.99. The lowest BCUT2D eigenvalue weighted by Crippen LogP contribution is -2.53. The van der Waals surface area contributed by atoms with Crippen LogP contribution in [-0.2, 0) is 4.79 Å². The third-order valence-corrected chi connectivity index (χ3v) is 3.41. The molecule has 0 aliphatic heterocycles. The highest BCUT2D eigenvalue weighted by atomic mass is 16.3. The van der Waals surface area contributed by atoms with Gasteiger partial charge in [-0.15, -0.1) is 0 Å². The molecule has 0 aromatic rings. The molecule has 6 heteroatoms. The van der Waals surface area contributed by atoms with Gasteiger partial charge in [-0.1, -0.05) is 13.8 Å². The molecule has 0 saturated heterocycles. The SMILES string of the molecule is CCC(O)C(O)C(C)C(NC(C)=O)C(O)CC(C)(C)O. The standard InChI is InChI=1S/C14H29NO5/c1-6-10(17)13(19)8(2)12(15-9(3)16)11(18)7-14(4,5)20/h8,10-13,17-20H,6-7H2,1-5H3,(H,15,16). The van der Waals surface area contributed by atoms with E-state index in [4.69, 9.17) is 0 Å². The minimum atomic E-state index is -1.09. The van der Waals surface area contributed by atoms with Crippen molar-refractivity contribution in [2.45, 2.75) is 77.4 Å². The van der Waals surface area contributed by atoms with Crippen LogP contribution < -0.4 is 5.32 Å². The van der Waals surface area contributed by atoms with Gasteiger partial charge >= 0.3 is 0 Å². The molecule has 120 valence electrons. The number of hydrogen-bond donors (Lipinski definition) is 5. The lowest BCUT2D eigenvalue weighted by Gasteiger charge is -2.35. The Morgan fingerprint density at radius 1 is 1.20 bits per heavy atom. The first-order valence-electron chi connectivity index (χ1n) is 7.03. The van der Waals surface area contributed by atoms with Crippen molar-refractivity contribution < 1.29 is 25.2 Å². The van der Waals surface area contributed by atoms with E-state index in [2.05, 4.69) is 5.32 Å². The fraction of sp³-hybridized carbons (Fsp3) is 0.929. The Morgan fingerprint density at radius 3 is 2.05 bits per heavy atom. The summed E-state index contributed by atoms with van der Waals surface area (Å²) in [5.41, 5.74) is -1.09. The van der Waals surface area contributed by atoms with Crippen LogP contribution in [0.25, 0.3) is 0 Å². The molecule has 0 aromatic heterocycles. The summed E-state index contributed by atoms with van der Waals surface area (Å²) in [6.45, 7) is 7.82. The predicted octanol–water partition coefficient (Wildman–Crippen LogP) is -0.219. The van der Waals surface area contributed by atoms with Crippen molar-refractivity contribution in [3.05, 3.63) is 0 Å². The third-order valence-electron chi connectivity index (χ3n) is 3.41. The molecule has 0 aliphatic carbocycles. The van der Waals surface area contributed by atoms with Gasteiger partial charge in [0, 0.05) is 19.3 Å². The highest BCUT2D eigenvalue weighted by Crippen LogP contribution is 2.22. The van der Waals surface area contributed by atoms with Crippen molar-refractivity contribution in [3.8, 4) is 0 Å². The zero-order valence-electron chi connectivity index (χ0n) is 13.0. The summed E-state index contributed by atoms with van der Waals surface area (Å²) in [5.74, 6) is -0.888. The lowest BCUT2D eigenvalue weighted by molar-refractivity contribution is -0.123. The van der Waals surface area contributed by atoms with Crippen LogP contribution in [0.4, 0.5) is 0 Å². The van der Waals surface area contributed by atoms with E-state index in [0.717, 1.165) is 0 Å². The molecule has 6 nitrogen and oxygen atoms in total. The molecule has 0 spiro atoms. The number of aliphatic hydroxyl groups is 4. The van der Waals surface area contributed by atoms with E-state index in [9.17, 15) is 25.2 Å². The van der Waals surface area contributed by atoms with E-state index >= 15 is 0 Å². The summed E-state index contributed by atoms with van der Waals surface area (Å²) in [7, 11) is 0. The topological polar surface area (TPSA) is 110 Å². The Hall–Kier alpha value is -0.690. The van der Waals surface area contributed by atoms with Crippen molar-refractivity contribution >= 4 is 5.91 Å². The zero-order chi connectivity index (χ0) is 16.1. The number of rotatable bonds is 8. The van der Waals surface area contributed by atoms with Crippen molar-refractivity contribution in [1.82, 2.24) is 5.32 Å². The second kappa shape index (κ2) is 7.93. The summed E-state index contributed by atoms with van der Waals surface area (Å²) in [6.07, 6.45) is -2.58. The number of carbonyl (C=O) groups excluding carboxylic acids is 1. The Morgan fingerprint density at radius 2 is 1.70 bits per heavy atom. The smallest absolute Gasteiger partial charge is 0.217 e. The number of amides is 1. The first kappa shape index (κ1) is 19.3. The molecule has 0 fully saturated rings. The van der Waals surface area contributed by atoms with Crippen LogP contribution in [0.2, 0.25) is 0 Å². The molecule has 5 atom stereocenters. The maximum Gasteiger partial charge on any atom is 0.217 e. The number of nitrogens with one attached hydrogen (secondary N) is 1. The Kier molecular flexibility index (Phi) is 7.65. The molecule has 0 bridgehead atoms. The summed E-state index contributed by atoms with van der Waals surface area (Å²) in [5, 5.41) is 42.3. The molecule has 0 saturated carbocycles. The van der Waals surface area contributed by atoms with Crippen molar-refractivity contribution in [3.63, 3.8) is 0 Å². The second-order valence-electron chi connectivity index (χ2n) is 6.14. The van der Waals surface area contributed by atoms with E-state index in [0.29, 0.717) is 6.42 Å². The fourth-order valence-electron chi connectivity index (χ4n) is 2.26. The Bertz CT molecular complexity index is 302. The van der Waals surface area contributed by atoms with Crippen molar-refractivity contribution in [2.24, 2.45) is 5.92 Å². The van der Waals surface area contributed by atoms with E-state index < -0.39 is 35.9 Å². The molecule has 20 heavy (non-hydrogen) atoms. The minimum absolute atomic E-state index is 0.0528. The van der Waals surface area contributed by atoms with Crippen LogP contribution in [0.3, 0.4) is 0 Å². The van der Waals surface area contributed by atoms with Gasteiger partial charge in [-0.05, 0) is 20.3 Å². The molecule has 0 heterocycles. The quantitative estimate of drug-likeness (QED) is 0.425. The fourth-order valence-corrected chi connectivity index (χ4v) is 2.26. The normalized spacial score (nSPS) is 19.9. The molecule has 0 aromatic carbocycles. The monoisotopic (exact) mass is 291 g/mol. The average Bonchev–Trinajstić information content (AvgIpc) is 2.30. The first-order chi connectivity index (χ1) is 8.99. The molecule has 5 unspecified atom stereocenters. The number of carbonyl (C=O) groups is 1. The van der Waals surface area contributed by atoms with Gasteiger partial charge in [-0.3, -0.25) is 4.79 Å². The first-order valence-corrected chi connectivity index (χ1v) is 7.03. The third kappa shape index (κ3) is 6.65. The minimum Gasteiger partial charge on any atom is -0.391 e. The van der Waals surface area contributed by atoms with Crippen molar-refractivity contribution in [2.75, 3.05) is 0 Å². The van der Waals surface area contributed by atoms with Crippen LogP contribution in [0.5, 0.6) is 0 Å². The summed E-state index contributed by atoms with van der Waals surface area (Å²) >= 11 is 0.